The second-order valence-electron chi connectivity index (χ2n) is 6.01. The molecule has 4 nitrogen and oxygen atoms in total. The van der Waals surface area contributed by atoms with E-state index in [-0.39, 0.29) is 0 Å². The summed E-state index contributed by atoms with van der Waals surface area (Å²) >= 11 is 0. The third-order valence-corrected chi connectivity index (χ3v) is 4.52. The zero-order chi connectivity index (χ0) is 14.5. The Kier molecular flexibility index (Phi) is 4.88. The maximum Gasteiger partial charge on any atom is 0.150 e. The highest BCUT2D eigenvalue weighted by atomic mass is 16.5. The Morgan fingerprint density at radius 1 is 1.10 bits per heavy atom. The van der Waals surface area contributed by atoms with Crippen LogP contribution in [0.2, 0.25) is 0 Å². The van der Waals surface area contributed by atoms with Crippen molar-refractivity contribution in [2.75, 3.05) is 19.6 Å². The first-order valence-electron chi connectivity index (χ1n) is 8.04. The molecule has 2 heterocycles. The van der Waals surface area contributed by atoms with Crippen LogP contribution in [0.4, 0.5) is 0 Å². The minimum absolute atomic E-state index is 0.298. The lowest BCUT2D eigenvalue weighted by molar-refractivity contribution is 0.0548. The molecule has 1 aromatic rings. The van der Waals surface area contributed by atoms with Crippen LogP contribution in [0.5, 0.6) is 5.75 Å². The van der Waals surface area contributed by atoms with Gasteiger partial charge in [0.25, 0.3) is 0 Å². The molecule has 21 heavy (non-hydrogen) atoms. The van der Waals surface area contributed by atoms with Crippen LogP contribution >= 0.6 is 0 Å². The van der Waals surface area contributed by atoms with Crippen LogP contribution in [0.1, 0.15) is 42.5 Å². The van der Waals surface area contributed by atoms with Gasteiger partial charge in [0.15, 0.2) is 0 Å². The molecular formula is C17H24N2O2. The minimum atomic E-state index is 0.298. The number of nitrogens with one attached hydrogen (secondary N) is 1. The van der Waals surface area contributed by atoms with Crippen LogP contribution in [0.25, 0.3) is 0 Å². The van der Waals surface area contributed by atoms with E-state index in [2.05, 4.69) is 10.2 Å². The highest BCUT2D eigenvalue weighted by Crippen LogP contribution is 2.22. The smallest absolute Gasteiger partial charge is 0.150 e. The normalized spacial score (nSPS) is 24.7. The Morgan fingerprint density at radius 3 is 2.48 bits per heavy atom. The SMILES string of the molecule is O=Cc1ccc(OC2CCN(C3CCCCN3)CC2)cc1. The number of carbonyl (C=O) groups excluding carboxylic acids is 1. The lowest BCUT2D eigenvalue weighted by atomic mass is 10.0. The van der Waals surface area contributed by atoms with Gasteiger partial charge in [-0.1, -0.05) is 0 Å². The molecule has 1 N–H and O–H groups in total. The van der Waals surface area contributed by atoms with E-state index >= 15 is 0 Å². The summed E-state index contributed by atoms with van der Waals surface area (Å²) < 4.78 is 6.03. The summed E-state index contributed by atoms with van der Waals surface area (Å²) in [5.74, 6) is 0.870. The van der Waals surface area contributed by atoms with E-state index < -0.39 is 0 Å². The molecule has 1 atom stereocenters. The molecule has 0 saturated carbocycles. The maximum absolute atomic E-state index is 10.6. The van der Waals surface area contributed by atoms with Crippen LogP contribution in [-0.2, 0) is 0 Å². The first kappa shape index (κ1) is 14.5. The van der Waals surface area contributed by atoms with Gasteiger partial charge in [0.2, 0.25) is 0 Å². The highest BCUT2D eigenvalue weighted by Gasteiger charge is 2.26. The van der Waals surface area contributed by atoms with E-state index in [4.69, 9.17) is 4.74 Å². The zero-order valence-electron chi connectivity index (χ0n) is 12.5. The van der Waals surface area contributed by atoms with Gasteiger partial charge in [-0.2, -0.15) is 0 Å². The summed E-state index contributed by atoms with van der Waals surface area (Å²) in [5.41, 5.74) is 0.695. The number of aldehydes is 1. The second kappa shape index (κ2) is 7.05. The van der Waals surface area contributed by atoms with Crippen molar-refractivity contribution in [2.45, 2.75) is 44.4 Å². The first-order valence-corrected chi connectivity index (χ1v) is 8.04. The number of rotatable bonds is 4. The summed E-state index contributed by atoms with van der Waals surface area (Å²) in [5, 5.41) is 3.62. The molecule has 0 spiro atoms. The summed E-state index contributed by atoms with van der Waals surface area (Å²) in [6.45, 7) is 3.37. The predicted molar refractivity (Wildman–Crippen MR) is 82.7 cm³/mol. The van der Waals surface area contributed by atoms with Crippen molar-refractivity contribution < 1.29 is 9.53 Å². The van der Waals surface area contributed by atoms with Gasteiger partial charge in [0.05, 0.1) is 6.17 Å². The molecule has 0 aromatic heterocycles. The Hall–Kier alpha value is -1.39. The molecule has 2 fully saturated rings. The van der Waals surface area contributed by atoms with Crippen LogP contribution in [-0.4, -0.2) is 43.1 Å². The fourth-order valence-electron chi connectivity index (χ4n) is 3.27. The summed E-state index contributed by atoms with van der Waals surface area (Å²) in [6, 6.07) is 7.39. The van der Waals surface area contributed by atoms with Gasteiger partial charge in [-0.3, -0.25) is 9.69 Å². The van der Waals surface area contributed by atoms with Crippen molar-refractivity contribution >= 4 is 6.29 Å². The van der Waals surface area contributed by atoms with E-state index in [9.17, 15) is 4.79 Å². The third kappa shape index (κ3) is 3.83. The second-order valence-corrected chi connectivity index (χ2v) is 6.01. The number of carbonyl (C=O) groups is 1. The molecule has 3 rings (SSSR count). The molecule has 2 aliphatic rings. The average Bonchev–Trinajstić information content (AvgIpc) is 2.57. The van der Waals surface area contributed by atoms with Gasteiger partial charge in [-0.15, -0.1) is 0 Å². The van der Waals surface area contributed by atoms with Crippen molar-refractivity contribution in [2.24, 2.45) is 0 Å². The molecule has 0 bridgehead atoms. The fraction of sp³-hybridized carbons (Fsp3) is 0.588. The molecule has 114 valence electrons. The monoisotopic (exact) mass is 288 g/mol. The zero-order valence-corrected chi connectivity index (χ0v) is 12.5. The Labute approximate surface area is 126 Å². The number of piperidine rings is 2. The van der Waals surface area contributed by atoms with Gasteiger partial charge in [0.1, 0.15) is 18.1 Å². The van der Waals surface area contributed by atoms with E-state index in [0.29, 0.717) is 17.8 Å². The minimum Gasteiger partial charge on any atom is -0.490 e. The molecule has 0 radical (unpaired) electrons. The quantitative estimate of drug-likeness (QED) is 0.864. The molecule has 0 aliphatic carbocycles. The van der Waals surface area contributed by atoms with Crippen LogP contribution in [0, 0.1) is 0 Å². The average molecular weight is 288 g/mol. The fourth-order valence-corrected chi connectivity index (χ4v) is 3.27. The summed E-state index contributed by atoms with van der Waals surface area (Å²) in [4.78, 5) is 13.2. The van der Waals surface area contributed by atoms with E-state index in [1.807, 2.05) is 24.3 Å². The summed E-state index contributed by atoms with van der Waals surface area (Å²) in [6.07, 6.45) is 7.82. The first-order chi connectivity index (χ1) is 10.3. The van der Waals surface area contributed by atoms with Crippen molar-refractivity contribution in [1.82, 2.24) is 10.2 Å². The van der Waals surface area contributed by atoms with Crippen molar-refractivity contribution in [3.63, 3.8) is 0 Å². The third-order valence-electron chi connectivity index (χ3n) is 4.52. The largest absolute Gasteiger partial charge is 0.490 e. The molecule has 2 aliphatic heterocycles. The van der Waals surface area contributed by atoms with E-state index in [1.54, 1.807) is 0 Å². The predicted octanol–water partition coefficient (Wildman–Crippen LogP) is 2.44. The maximum atomic E-state index is 10.6. The standard InChI is InChI=1S/C17H24N2O2/c20-13-14-4-6-15(7-5-14)21-16-8-11-19(12-9-16)17-3-1-2-10-18-17/h4-7,13,16-18H,1-3,8-12H2. The highest BCUT2D eigenvalue weighted by molar-refractivity contribution is 5.74. The Bertz CT molecular complexity index is 446. The van der Waals surface area contributed by atoms with E-state index in [0.717, 1.165) is 44.5 Å². The number of hydrogen-bond donors (Lipinski definition) is 1. The van der Waals surface area contributed by atoms with Crippen molar-refractivity contribution in [1.29, 1.82) is 0 Å². The van der Waals surface area contributed by atoms with Crippen molar-refractivity contribution in [3.8, 4) is 5.75 Å². The van der Waals surface area contributed by atoms with Gasteiger partial charge >= 0.3 is 0 Å². The molecule has 4 heteroatoms. The number of benzene rings is 1. The van der Waals surface area contributed by atoms with Gasteiger partial charge < -0.3 is 10.1 Å². The van der Waals surface area contributed by atoms with Crippen LogP contribution < -0.4 is 10.1 Å². The molecule has 1 aromatic carbocycles. The summed E-state index contributed by atoms with van der Waals surface area (Å²) in [7, 11) is 0. The Balaban J connectivity index is 1.47. The van der Waals surface area contributed by atoms with Crippen molar-refractivity contribution in [3.05, 3.63) is 29.8 Å². The number of hydrogen-bond acceptors (Lipinski definition) is 4. The lowest BCUT2D eigenvalue weighted by Gasteiger charge is -2.39. The number of likely N-dealkylation sites (tertiary alicyclic amines) is 1. The Morgan fingerprint density at radius 2 is 1.86 bits per heavy atom. The van der Waals surface area contributed by atoms with Gasteiger partial charge in [-0.05, 0) is 62.9 Å². The van der Waals surface area contributed by atoms with Gasteiger partial charge in [-0.25, -0.2) is 0 Å². The topological polar surface area (TPSA) is 41.6 Å². The molecule has 0 amide bonds. The van der Waals surface area contributed by atoms with Gasteiger partial charge in [0, 0.05) is 18.7 Å². The van der Waals surface area contributed by atoms with Crippen LogP contribution in [0.3, 0.4) is 0 Å². The number of nitrogens with zero attached hydrogens (tertiary/aromatic N) is 1. The number of ether oxygens (including phenoxy) is 1. The lowest BCUT2D eigenvalue weighted by Crippen LogP contribution is -2.52. The molecular weight excluding hydrogens is 264 g/mol. The molecule has 2 saturated heterocycles. The molecule has 1 unspecified atom stereocenters. The van der Waals surface area contributed by atoms with E-state index in [1.165, 1.54) is 19.3 Å². The van der Waals surface area contributed by atoms with Crippen LogP contribution in [0.15, 0.2) is 24.3 Å².